The van der Waals surface area contributed by atoms with Crippen molar-refractivity contribution in [2.45, 2.75) is 12.8 Å². The average molecular weight is 272 g/mol. The molecule has 0 aliphatic heterocycles. The highest BCUT2D eigenvalue weighted by Gasteiger charge is 2.09. The Morgan fingerprint density at radius 2 is 2.06 bits per heavy atom. The zero-order valence-corrected chi connectivity index (χ0v) is 10.5. The lowest BCUT2D eigenvalue weighted by Gasteiger charge is -2.05. The number of rotatable bonds is 4. The van der Waals surface area contributed by atoms with E-state index in [4.69, 9.17) is 28.9 Å². The maximum absolute atomic E-state index is 5.95. The maximum Gasteiger partial charge on any atom is 0.156 e. The van der Waals surface area contributed by atoms with Gasteiger partial charge in [-0.2, -0.15) is 4.68 Å². The van der Waals surface area contributed by atoms with E-state index in [2.05, 4.69) is 15.5 Å². The third-order valence-electron chi connectivity index (χ3n) is 2.29. The topological polar surface area (TPSA) is 69.6 Å². The quantitative estimate of drug-likeness (QED) is 0.922. The minimum absolute atomic E-state index is 0.476. The van der Waals surface area contributed by atoms with E-state index >= 15 is 0 Å². The Bertz CT molecular complexity index is 511. The first-order valence-electron chi connectivity index (χ1n) is 5.15. The molecule has 17 heavy (non-hydrogen) atoms. The summed E-state index contributed by atoms with van der Waals surface area (Å²) in [4.78, 5) is 0. The number of hydrogen-bond donors (Lipinski definition) is 1. The molecule has 1 aromatic carbocycles. The molecule has 0 atom stereocenters. The van der Waals surface area contributed by atoms with E-state index in [1.807, 2.05) is 6.07 Å². The van der Waals surface area contributed by atoms with E-state index in [1.165, 1.54) is 0 Å². The van der Waals surface area contributed by atoms with E-state index in [-0.39, 0.29) is 0 Å². The number of aromatic nitrogens is 4. The van der Waals surface area contributed by atoms with Crippen LogP contribution < -0.4 is 5.73 Å². The average Bonchev–Trinajstić information content (AvgIpc) is 2.78. The van der Waals surface area contributed by atoms with E-state index in [0.29, 0.717) is 16.6 Å². The van der Waals surface area contributed by atoms with Crippen molar-refractivity contribution in [1.29, 1.82) is 0 Å². The van der Waals surface area contributed by atoms with Crippen molar-refractivity contribution in [3.63, 3.8) is 0 Å². The largest absolute Gasteiger partial charge is 0.330 e. The van der Waals surface area contributed by atoms with E-state index in [0.717, 1.165) is 24.4 Å². The summed E-state index contributed by atoms with van der Waals surface area (Å²) in [5.74, 6) is 0.758. The predicted molar refractivity (Wildman–Crippen MR) is 66.5 cm³/mol. The third-order valence-corrected chi connectivity index (χ3v) is 3.03. The van der Waals surface area contributed by atoms with Crippen molar-refractivity contribution < 1.29 is 0 Å². The van der Waals surface area contributed by atoms with Crippen molar-refractivity contribution >= 4 is 23.2 Å². The summed E-state index contributed by atoms with van der Waals surface area (Å²) in [5, 5.41) is 12.5. The number of halogens is 2. The van der Waals surface area contributed by atoms with Gasteiger partial charge in [0.25, 0.3) is 0 Å². The second-order valence-corrected chi connectivity index (χ2v) is 4.31. The number of benzene rings is 1. The van der Waals surface area contributed by atoms with Crippen LogP contribution in [0.5, 0.6) is 0 Å². The lowest BCUT2D eigenvalue weighted by atomic mass is 10.2. The Labute approximate surface area is 109 Å². The number of hydrogen-bond acceptors (Lipinski definition) is 4. The summed E-state index contributed by atoms with van der Waals surface area (Å²) >= 11 is 11.8. The van der Waals surface area contributed by atoms with Crippen molar-refractivity contribution in [2.75, 3.05) is 6.54 Å². The van der Waals surface area contributed by atoms with Gasteiger partial charge in [0.1, 0.15) is 0 Å². The Balaban J connectivity index is 2.32. The van der Waals surface area contributed by atoms with Gasteiger partial charge in [-0.15, -0.1) is 5.10 Å². The molecule has 1 aromatic heterocycles. The van der Waals surface area contributed by atoms with Crippen LogP contribution in [0.3, 0.4) is 0 Å². The fourth-order valence-electron chi connectivity index (χ4n) is 1.44. The SMILES string of the molecule is NCCCc1nnnn1-c1ccc(Cl)c(Cl)c1. The van der Waals surface area contributed by atoms with Gasteiger partial charge >= 0.3 is 0 Å². The minimum atomic E-state index is 0.476. The molecule has 0 saturated carbocycles. The lowest BCUT2D eigenvalue weighted by Crippen LogP contribution is -2.07. The molecule has 90 valence electrons. The Morgan fingerprint density at radius 3 is 2.76 bits per heavy atom. The number of nitrogens with zero attached hydrogens (tertiary/aromatic N) is 4. The fourth-order valence-corrected chi connectivity index (χ4v) is 1.73. The maximum atomic E-state index is 5.95. The van der Waals surface area contributed by atoms with Crippen LogP contribution >= 0.6 is 23.2 Å². The highest BCUT2D eigenvalue weighted by Crippen LogP contribution is 2.24. The molecule has 0 aliphatic carbocycles. The van der Waals surface area contributed by atoms with Crippen LogP contribution in [-0.4, -0.2) is 26.8 Å². The lowest BCUT2D eigenvalue weighted by molar-refractivity contribution is 0.726. The van der Waals surface area contributed by atoms with Gasteiger partial charge < -0.3 is 5.73 Å². The molecule has 0 amide bonds. The predicted octanol–water partition coefficient (Wildman–Crippen LogP) is 1.86. The number of aryl methyl sites for hydroxylation is 1. The highest BCUT2D eigenvalue weighted by molar-refractivity contribution is 6.42. The molecule has 1 heterocycles. The summed E-state index contributed by atoms with van der Waals surface area (Å²) in [5.41, 5.74) is 6.25. The van der Waals surface area contributed by atoms with Crippen molar-refractivity contribution in [3.8, 4) is 5.69 Å². The summed E-state index contributed by atoms with van der Waals surface area (Å²) in [6.07, 6.45) is 1.56. The van der Waals surface area contributed by atoms with Crippen LogP contribution in [0.1, 0.15) is 12.2 Å². The summed E-state index contributed by atoms with van der Waals surface area (Å²) in [6, 6.07) is 5.26. The zero-order chi connectivity index (χ0) is 12.3. The highest BCUT2D eigenvalue weighted by atomic mass is 35.5. The summed E-state index contributed by atoms with van der Waals surface area (Å²) in [6.45, 7) is 0.605. The monoisotopic (exact) mass is 271 g/mol. The molecular formula is C10H11Cl2N5. The van der Waals surface area contributed by atoms with Gasteiger partial charge in [-0.25, -0.2) is 0 Å². The van der Waals surface area contributed by atoms with E-state index < -0.39 is 0 Å². The van der Waals surface area contributed by atoms with Crippen LogP contribution in [0.25, 0.3) is 5.69 Å². The minimum Gasteiger partial charge on any atom is -0.330 e. The molecule has 0 radical (unpaired) electrons. The van der Waals surface area contributed by atoms with Crippen LogP contribution in [-0.2, 0) is 6.42 Å². The molecule has 0 saturated heterocycles. The van der Waals surface area contributed by atoms with Crippen LogP contribution in [0, 0.1) is 0 Å². The van der Waals surface area contributed by atoms with E-state index in [9.17, 15) is 0 Å². The fraction of sp³-hybridized carbons (Fsp3) is 0.300. The Kier molecular flexibility index (Phi) is 3.93. The molecule has 2 rings (SSSR count). The van der Waals surface area contributed by atoms with Gasteiger partial charge in [0, 0.05) is 6.42 Å². The molecule has 0 spiro atoms. The molecule has 0 bridgehead atoms. The smallest absolute Gasteiger partial charge is 0.156 e. The van der Waals surface area contributed by atoms with Crippen LogP contribution in [0.4, 0.5) is 0 Å². The van der Waals surface area contributed by atoms with Crippen molar-refractivity contribution in [2.24, 2.45) is 5.73 Å². The third kappa shape index (κ3) is 2.74. The second kappa shape index (κ2) is 5.44. The van der Waals surface area contributed by atoms with Gasteiger partial charge in [0.15, 0.2) is 5.82 Å². The summed E-state index contributed by atoms with van der Waals surface area (Å²) in [7, 11) is 0. The molecule has 2 N–H and O–H groups in total. The first kappa shape index (κ1) is 12.3. The van der Waals surface area contributed by atoms with Gasteiger partial charge in [-0.05, 0) is 41.6 Å². The standard InChI is InChI=1S/C10H11Cl2N5/c11-8-4-3-7(6-9(8)12)17-10(2-1-5-13)14-15-16-17/h3-4,6H,1-2,5,13H2. The Morgan fingerprint density at radius 1 is 1.24 bits per heavy atom. The number of tetrazole rings is 1. The van der Waals surface area contributed by atoms with Crippen molar-refractivity contribution in [3.05, 3.63) is 34.1 Å². The van der Waals surface area contributed by atoms with Crippen LogP contribution in [0.2, 0.25) is 10.0 Å². The molecule has 0 aliphatic rings. The zero-order valence-electron chi connectivity index (χ0n) is 8.98. The molecule has 0 unspecified atom stereocenters. The summed E-state index contributed by atoms with van der Waals surface area (Å²) < 4.78 is 1.64. The Hall–Kier alpha value is -1.17. The second-order valence-electron chi connectivity index (χ2n) is 3.50. The molecule has 0 fully saturated rings. The van der Waals surface area contributed by atoms with Gasteiger partial charge in [-0.1, -0.05) is 23.2 Å². The van der Waals surface area contributed by atoms with E-state index in [1.54, 1.807) is 16.8 Å². The van der Waals surface area contributed by atoms with Crippen LogP contribution in [0.15, 0.2) is 18.2 Å². The normalized spacial score (nSPS) is 10.8. The van der Waals surface area contributed by atoms with Gasteiger partial charge in [0.2, 0.25) is 0 Å². The first-order chi connectivity index (χ1) is 8.22. The molecule has 2 aromatic rings. The number of nitrogens with two attached hydrogens (primary N) is 1. The first-order valence-corrected chi connectivity index (χ1v) is 5.90. The molecule has 7 heteroatoms. The van der Waals surface area contributed by atoms with Gasteiger partial charge in [-0.3, -0.25) is 0 Å². The molecular weight excluding hydrogens is 261 g/mol. The van der Waals surface area contributed by atoms with Crippen molar-refractivity contribution in [1.82, 2.24) is 20.2 Å². The molecule has 5 nitrogen and oxygen atoms in total. The van der Waals surface area contributed by atoms with Gasteiger partial charge in [0.05, 0.1) is 15.7 Å².